The third-order valence-corrected chi connectivity index (χ3v) is 10.8. The Morgan fingerprint density at radius 1 is 0.458 bits per heavy atom. The van der Waals surface area contributed by atoms with Crippen LogP contribution in [-0.2, 0) is 32.3 Å². The van der Waals surface area contributed by atoms with Crippen molar-refractivity contribution in [1.29, 1.82) is 0 Å². The van der Waals surface area contributed by atoms with Crippen LogP contribution >= 0.6 is 0 Å². The summed E-state index contributed by atoms with van der Waals surface area (Å²) in [5, 5.41) is 40.7. The molecule has 8 nitrogen and oxygen atoms in total. The number of benzene rings is 2. The van der Waals surface area contributed by atoms with E-state index in [1.54, 1.807) is 0 Å². The van der Waals surface area contributed by atoms with Gasteiger partial charge < -0.3 is 39.5 Å². The van der Waals surface area contributed by atoms with Crippen LogP contribution in [0.5, 0.6) is 0 Å². The van der Waals surface area contributed by atoms with Crippen LogP contribution in [-0.4, -0.2) is 95.4 Å². The summed E-state index contributed by atoms with van der Waals surface area (Å²) in [6.07, 6.45) is 27.4. The molecule has 0 heterocycles. The van der Waals surface area contributed by atoms with Crippen molar-refractivity contribution in [3.63, 3.8) is 0 Å². The zero-order valence-electron chi connectivity index (χ0n) is 37.3. The van der Waals surface area contributed by atoms with E-state index in [4.69, 9.17) is 9.47 Å². The van der Waals surface area contributed by atoms with Crippen molar-refractivity contribution in [2.75, 3.05) is 0 Å². The molecule has 4 unspecified atom stereocenters. The van der Waals surface area contributed by atoms with E-state index < -0.39 is 11.9 Å². The van der Waals surface area contributed by atoms with Crippen molar-refractivity contribution in [2.24, 2.45) is 0 Å². The van der Waals surface area contributed by atoms with E-state index in [0.29, 0.717) is 13.2 Å². The number of rotatable bonds is 38. The van der Waals surface area contributed by atoms with Crippen LogP contribution in [0.2, 0.25) is 0 Å². The smallest absolute Gasteiger partial charge is 0.550 e. The van der Waals surface area contributed by atoms with E-state index in [2.05, 4.69) is 38.1 Å². The molecule has 0 radical (unpaired) electrons. The van der Waals surface area contributed by atoms with Crippen molar-refractivity contribution in [1.82, 2.24) is 0 Å². The van der Waals surface area contributed by atoms with Crippen LogP contribution in [0.25, 0.3) is 0 Å². The van der Waals surface area contributed by atoms with Gasteiger partial charge in [0, 0.05) is 11.9 Å². The van der Waals surface area contributed by atoms with E-state index in [1.165, 1.54) is 49.7 Å². The van der Waals surface area contributed by atoms with Gasteiger partial charge in [-0.25, -0.2) is 0 Å². The van der Waals surface area contributed by atoms with Crippen LogP contribution < -0.4 is 10.2 Å². The minimum absolute atomic E-state index is 0. The fourth-order valence-electron chi connectivity index (χ4n) is 7.37. The normalized spacial score (nSPS) is 13.1. The summed E-state index contributed by atoms with van der Waals surface area (Å²) >= 11 is 0. The Morgan fingerprint density at radius 2 is 0.763 bits per heavy atom. The van der Waals surface area contributed by atoms with E-state index in [9.17, 15) is 30.0 Å². The Bertz CT molecular complexity index is 1110. The van der Waals surface area contributed by atoms with Gasteiger partial charge in [0.05, 0.1) is 37.6 Å². The first-order chi connectivity index (χ1) is 28.2. The number of carbonyl (C=O) groups excluding carboxylic acids is 2. The molecule has 59 heavy (non-hydrogen) atoms. The molecule has 9 heteroatoms. The maximum absolute atomic E-state index is 10.4. The number of hydrogen-bond donors (Lipinski definition) is 2. The van der Waals surface area contributed by atoms with E-state index in [1.807, 2.05) is 36.4 Å². The van der Waals surface area contributed by atoms with E-state index >= 15 is 0 Å². The molecule has 0 fully saturated rings. The first kappa shape index (κ1) is 57.8. The predicted octanol–water partition coefficient (Wildman–Crippen LogP) is 9.95. The van der Waals surface area contributed by atoms with Crippen LogP contribution in [0.1, 0.15) is 205 Å². The van der Waals surface area contributed by atoms with Crippen LogP contribution in [0.15, 0.2) is 60.7 Å². The number of carboxylic acids is 2. The van der Waals surface area contributed by atoms with Crippen molar-refractivity contribution in [2.45, 2.75) is 231 Å². The van der Waals surface area contributed by atoms with Gasteiger partial charge in [-0.1, -0.05) is 164 Å². The average Bonchev–Trinajstić information content (AvgIpc) is 3.21. The molecule has 4 atom stereocenters. The number of unbranched alkanes of at least 4 members (excludes halogenated alkanes) is 12. The Morgan fingerprint density at radius 3 is 1.08 bits per heavy atom. The van der Waals surface area contributed by atoms with Crippen LogP contribution in [0.3, 0.4) is 0 Å². The number of aliphatic carboxylic acids is 2. The molecule has 332 valence electrons. The Hall–Kier alpha value is -1.21. The van der Waals surface area contributed by atoms with Gasteiger partial charge in [0.25, 0.3) is 0 Å². The summed E-state index contributed by atoms with van der Waals surface area (Å²) in [7, 11) is 0. The minimum atomic E-state index is -0.936. The molecule has 0 saturated carbocycles. The predicted molar refractivity (Wildman–Crippen MR) is 238 cm³/mol. The topological polar surface area (TPSA) is 139 Å². The first-order valence-corrected chi connectivity index (χ1v) is 23.3. The second kappa shape index (κ2) is 42.1. The van der Waals surface area contributed by atoms with Gasteiger partial charge in [0.2, 0.25) is 0 Å². The molecule has 0 bridgehead atoms. The Balaban J connectivity index is 0.00000112. The molecule has 0 aliphatic carbocycles. The molecule has 0 saturated heterocycles. The zero-order valence-corrected chi connectivity index (χ0v) is 41.8. The van der Waals surface area contributed by atoms with Gasteiger partial charge in [0.1, 0.15) is 0 Å². The molecule has 0 amide bonds. The number of ether oxygens (including phenoxy) is 2. The summed E-state index contributed by atoms with van der Waals surface area (Å²) < 4.78 is 12.4. The summed E-state index contributed by atoms with van der Waals surface area (Å²) in [6.45, 7) is 5.53. The number of carbonyl (C=O) groups is 2. The van der Waals surface area contributed by atoms with Gasteiger partial charge in [-0.05, 0) is 101 Å². The van der Waals surface area contributed by atoms with E-state index in [0.717, 1.165) is 128 Å². The molecule has 0 aliphatic rings. The van der Waals surface area contributed by atoms with Crippen molar-refractivity contribution < 1.29 is 39.5 Å². The van der Waals surface area contributed by atoms with Gasteiger partial charge in [-0.15, -0.1) is 0 Å². The number of aliphatic hydroxyl groups is 2. The molecule has 2 N–H and O–H groups in total. The quantitative estimate of drug-likeness (QED) is 0.0501. The van der Waals surface area contributed by atoms with Crippen LogP contribution in [0, 0.1) is 0 Å². The molecule has 0 aliphatic heterocycles. The second-order valence-corrected chi connectivity index (χ2v) is 16.4. The number of hydrogen-bond acceptors (Lipinski definition) is 8. The Kier molecular flexibility index (Phi) is 41.2. The third kappa shape index (κ3) is 38.2. The van der Waals surface area contributed by atoms with Gasteiger partial charge in [-0.3, -0.25) is 0 Å². The second-order valence-electron chi connectivity index (χ2n) is 16.4. The summed E-state index contributed by atoms with van der Waals surface area (Å²) in [5.74, 6) is -1.87. The zero-order chi connectivity index (χ0) is 42.3. The largest absolute Gasteiger partial charge is 2.00 e. The van der Waals surface area contributed by atoms with Crippen LogP contribution in [0.4, 0.5) is 0 Å². The van der Waals surface area contributed by atoms with Gasteiger partial charge >= 0.3 is 48.9 Å². The molecule has 2 rings (SSSR count). The molecule has 0 aromatic heterocycles. The third-order valence-electron chi connectivity index (χ3n) is 10.8. The monoisotopic (exact) mass is 949 g/mol. The Labute approximate surface area is 400 Å². The van der Waals surface area contributed by atoms with Crippen molar-refractivity contribution >= 4 is 60.8 Å². The SMILES string of the molecule is CCCC(O)CCCC(CCCCCCCCCC(=O)[O-])OCc1ccccc1.CCCC(O)CCCC(CCCCCCCCCC(=O)[O-])OCc1ccccc1.[Ba+2]. The minimum Gasteiger partial charge on any atom is -0.550 e. The van der Waals surface area contributed by atoms with Crippen molar-refractivity contribution in [3.8, 4) is 0 Å². The van der Waals surface area contributed by atoms with E-state index in [-0.39, 0.29) is 86.1 Å². The molecular formula is C50H82BaO8. The molecule has 2 aromatic carbocycles. The molecule has 0 spiro atoms. The summed E-state index contributed by atoms with van der Waals surface area (Å²) in [5.41, 5.74) is 2.42. The number of aliphatic hydroxyl groups excluding tert-OH is 2. The van der Waals surface area contributed by atoms with Gasteiger partial charge in [0.15, 0.2) is 0 Å². The van der Waals surface area contributed by atoms with Gasteiger partial charge in [-0.2, -0.15) is 0 Å². The maximum atomic E-state index is 10.4. The fraction of sp³-hybridized carbons (Fsp3) is 0.720. The van der Waals surface area contributed by atoms with Crippen molar-refractivity contribution in [3.05, 3.63) is 71.8 Å². The first-order valence-electron chi connectivity index (χ1n) is 23.3. The standard InChI is InChI=1S/2C25H42O4.Ba/c2*1-2-14-23(26)17-13-19-24(29-21-22-15-9-8-10-16-22)18-11-6-4-3-5-7-12-20-25(27)28;/h2*8-10,15-16,23-24,26H,2-7,11-14,17-21H2,1H3,(H,27,28);/q;;+2/p-2. The molecular weight excluding hydrogens is 866 g/mol. The molecule has 2 aromatic rings. The number of carboxylic acid groups (broad SMARTS) is 2. The average molecular weight is 949 g/mol. The summed E-state index contributed by atoms with van der Waals surface area (Å²) in [6, 6.07) is 20.6. The fourth-order valence-corrected chi connectivity index (χ4v) is 7.37. The summed E-state index contributed by atoms with van der Waals surface area (Å²) in [4.78, 5) is 20.8. The maximum Gasteiger partial charge on any atom is 2.00 e.